The lowest BCUT2D eigenvalue weighted by atomic mass is 9.73. The second-order valence-corrected chi connectivity index (χ2v) is 7.49. The lowest BCUT2D eigenvalue weighted by Crippen LogP contribution is -2.53. The molecule has 0 aromatic rings. The summed E-state index contributed by atoms with van der Waals surface area (Å²) in [7, 11) is 0. The van der Waals surface area contributed by atoms with Gasteiger partial charge in [0.25, 0.3) is 0 Å². The second kappa shape index (κ2) is 6.60. The Morgan fingerprint density at radius 2 is 1.85 bits per heavy atom. The average Bonchev–Trinajstić information content (AvgIpc) is 2.53. The van der Waals surface area contributed by atoms with Crippen LogP contribution in [0.4, 0.5) is 0 Å². The van der Waals surface area contributed by atoms with E-state index in [1.165, 1.54) is 57.8 Å². The number of hydrogen-bond acceptors (Lipinski definition) is 2. The van der Waals surface area contributed by atoms with Gasteiger partial charge in [-0.25, -0.2) is 0 Å². The smallest absolute Gasteiger partial charge is 0.152 e. The summed E-state index contributed by atoms with van der Waals surface area (Å²) in [4.78, 5) is 12.8. The summed E-state index contributed by atoms with van der Waals surface area (Å²) in [6.07, 6.45) is 14.0. The predicted octanol–water partition coefficient (Wildman–Crippen LogP) is 4.08. The maximum absolute atomic E-state index is 12.8. The molecule has 1 aliphatic heterocycles. The van der Waals surface area contributed by atoms with Crippen LogP contribution in [0.15, 0.2) is 0 Å². The third kappa shape index (κ3) is 3.10. The fourth-order valence-corrected chi connectivity index (χ4v) is 4.92. The van der Waals surface area contributed by atoms with Gasteiger partial charge in [0.1, 0.15) is 0 Å². The number of fused-ring (bicyclic) bond motifs is 1. The molecule has 1 heterocycles. The molecule has 1 saturated heterocycles. The number of rotatable bonds is 3. The van der Waals surface area contributed by atoms with E-state index in [-0.39, 0.29) is 6.04 Å². The predicted molar refractivity (Wildman–Crippen MR) is 82.6 cm³/mol. The van der Waals surface area contributed by atoms with Crippen LogP contribution in [0.25, 0.3) is 0 Å². The van der Waals surface area contributed by atoms with Gasteiger partial charge in [0.2, 0.25) is 0 Å². The van der Waals surface area contributed by atoms with Crippen LogP contribution in [-0.4, -0.2) is 17.9 Å². The van der Waals surface area contributed by atoms with Crippen molar-refractivity contribution < 1.29 is 4.79 Å². The van der Waals surface area contributed by atoms with E-state index in [2.05, 4.69) is 12.2 Å². The largest absolute Gasteiger partial charge is 0.304 e. The Bertz CT molecular complexity index is 340. The normalized spacial score (nSPS) is 42.0. The van der Waals surface area contributed by atoms with E-state index in [1.807, 2.05) is 0 Å². The first kappa shape index (κ1) is 14.6. The first-order chi connectivity index (χ1) is 9.78. The van der Waals surface area contributed by atoms with Gasteiger partial charge in [-0.15, -0.1) is 0 Å². The third-order valence-electron chi connectivity index (χ3n) is 6.26. The summed E-state index contributed by atoms with van der Waals surface area (Å²) in [5, 5.41) is 3.74. The van der Waals surface area contributed by atoms with Gasteiger partial charge >= 0.3 is 0 Å². The number of piperidine rings is 1. The molecule has 5 atom stereocenters. The summed E-state index contributed by atoms with van der Waals surface area (Å²) in [6.45, 7) is 2.28. The molecule has 20 heavy (non-hydrogen) atoms. The lowest BCUT2D eigenvalue weighted by molar-refractivity contribution is -0.127. The molecule has 114 valence electrons. The van der Waals surface area contributed by atoms with Crippen molar-refractivity contribution in [2.24, 2.45) is 17.8 Å². The quantitative estimate of drug-likeness (QED) is 0.842. The van der Waals surface area contributed by atoms with Crippen LogP contribution in [-0.2, 0) is 4.79 Å². The Balaban J connectivity index is 1.57. The van der Waals surface area contributed by atoms with Crippen molar-refractivity contribution in [1.29, 1.82) is 0 Å². The van der Waals surface area contributed by atoms with Crippen molar-refractivity contribution in [1.82, 2.24) is 5.32 Å². The average molecular weight is 277 g/mol. The fourth-order valence-electron chi connectivity index (χ4n) is 4.92. The minimum atomic E-state index is 0.190. The van der Waals surface area contributed by atoms with Crippen molar-refractivity contribution in [2.45, 2.75) is 89.6 Å². The summed E-state index contributed by atoms with van der Waals surface area (Å²) in [6, 6.07) is 0.840. The molecule has 0 aromatic heterocycles. The Hall–Kier alpha value is -0.370. The molecule has 3 aliphatic rings. The monoisotopic (exact) mass is 277 g/mol. The molecule has 0 amide bonds. The van der Waals surface area contributed by atoms with Gasteiger partial charge in [0, 0.05) is 12.0 Å². The zero-order chi connectivity index (χ0) is 13.9. The molecule has 5 unspecified atom stereocenters. The molecule has 2 heteroatoms. The molecule has 0 bridgehead atoms. The molecule has 1 N–H and O–H groups in total. The molecule has 2 saturated carbocycles. The van der Waals surface area contributed by atoms with Gasteiger partial charge < -0.3 is 5.32 Å². The van der Waals surface area contributed by atoms with Crippen LogP contribution < -0.4 is 5.32 Å². The third-order valence-corrected chi connectivity index (χ3v) is 6.26. The van der Waals surface area contributed by atoms with Crippen LogP contribution in [0.2, 0.25) is 0 Å². The molecule has 3 rings (SSSR count). The van der Waals surface area contributed by atoms with Crippen molar-refractivity contribution in [3.63, 3.8) is 0 Å². The van der Waals surface area contributed by atoms with Crippen LogP contribution in [0, 0.1) is 17.8 Å². The van der Waals surface area contributed by atoms with Crippen LogP contribution in [0.3, 0.4) is 0 Å². The first-order valence-electron chi connectivity index (χ1n) is 9.07. The minimum Gasteiger partial charge on any atom is -0.304 e. The van der Waals surface area contributed by atoms with Gasteiger partial charge in [0.15, 0.2) is 5.78 Å². The summed E-state index contributed by atoms with van der Waals surface area (Å²) >= 11 is 0. The summed E-state index contributed by atoms with van der Waals surface area (Å²) < 4.78 is 0. The number of hydrogen-bond donors (Lipinski definition) is 1. The standard InChI is InChI=1S/C18H31NO/c1-2-13-6-5-8-15(12-13)18(20)17-11-10-14-7-3-4-9-16(14)19-17/h13-17,19H,2-12H2,1H3. The molecule has 3 fully saturated rings. The Labute approximate surface area is 124 Å². The molecule has 0 aromatic carbocycles. The number of ketones is 1. The van der Waals surface area contributed by atoms with Gasteiger partial charge in [-0.05, 0) is 50.4 Å². The van der Waals surface area contributed by atoms with E-state index in [4.69, 9.17) is 0 Å². The SMILES string of the molecule is CCC1CCCC(C(=O)C2CCC3CCCCC3N2)C1. The number of nitrogens with one attached hydrogen (secondary N) is 1. The fraction of sp³-hybridized carbons (Fsp3) is 0.944. The van der Waals surface area contributed by atoms with E-state index in [1.54, 1.807) is 0 Å². The van der Waals surface area contributed by atoms with Crippen LogP contribution >= 0.6 is 0 Å². The zero-order valence-corrected chi connectivity index (χ0v) is 13.1. The van der Waals surface area contributed by atoms with Gasteiger partial charge in [0.05, 0.1) is 6.04 Å². The number of carbonyl (C=O) groups is 1. The molecule has 0 spiro atoms. The van der Waals surface area contributed by atoms with Crippen LogP contribution in [0.1, 0.15) is 77.6 Å². The van der Waals surface area contributed by atoms with Crippen molar-refractivity contribution in [2.75, 3.05) is 0 Å². The summed E-state index contributed by atoms with van der Waals surface area (Å²) in [5.41, 5.74) is 0. The maximum Gasteiger partial charge on any atom is 0.152 e. The molecular weight excluding hydrogens is 246 g/mol. The topological polar surface area (TPSA) is 29.1 Å². The Morgan fingerprint density at radius 3 is 2.70 bits per heavy atom. The van der Waals surface area contributed by atoms with Crippen molar-refractivity contribution in [3.05, 3.63) is 0 Å². The number of Topliss-reactive ketones (excluding diaryl/α,β-unsaturated/α-hetero) is 1. The van der Waals surface area contributed by atoms with E-state index in [0.29, 0.717) is 17.7 Å². The Morgan fingerprint density at radius 1 is 1.00 bits per heavy atom. The highest BCUT2D eigenvalue weighted by Crippen LogP contribution is 2.36. The highest BCUT2D eigenvalue weighted by molar-refractivity contribution is 5.86. The van der Waals surface area contributed by atoms with E-state index in [0.717, 1.165) is 24.7 Å². The minimum absolute atomic E-state index is 0.190. The van der Waals surface area contributed by atoms with Gasteiger partial charge in [-0.2, -0.15) is 0 Å². The van der Waals surface area contributed by atoms with E-state index >= 15 is 0 Å². The van der Waals surface area contributed by atoms with Gasteiger partial charge in [-0.1, -0.05) is 39.0 Å². The molecule has 2 nitrogen and oxygen atoms in total. The molecule has 0 radical (unpaired) electrons. The highest BCUT2D eigenvalue weighted by atomic mass is 16.1. The first-order valence-corrected chi connectivity index (χ1v) is 9.07. The van der Waals surface area contributed by atoms with E-state index < -0.39 is 0 Å². The van der Waals surface area contributed by atoms with Crippen LogP contribution in [0.5, 0.6) is 0 Å². The van der Waals surface area contributed by atoms with Gasteiger partial charge in [-0.3, -0.25) is 4.79 Å². The highest BCUT2D eigenvalue weighted by Gasteiger charge is 2.37. The number of carbonyl (C=O) groups excluding carboxylic acids is 1. The molecule has 2 aliphatic carbocycles. The van der Waals surface area contributed by atoms with Crippen molar-refractivity contribution >= 4 is 5.78 Å². The lowest BCUT2D eigenvalue weighted by Gasteiger charge is -2.41. The maximum atomic E-state index is 12.8. The zero-order valence-electron chi connectivity index (χ0n) is 13.1. The van der Waals surface area contributed by atoms with E-state index in [9.17, 15) is 4.79 Å². The second-order valence-electron chi connectivity index (χ2n) is 7.49. The van der Waals surface area contributed by atoms with Crippen molar-refractivity contribution in [3.8, 4) is 0 Å². The Kier molecular flexibility index (Phi) is 4.80. The summed E-state index contributed by atoms with van der Waals surface area (Å²) in [5.74, 6) is 2.60. The molecular formula is C18H31NO.